The van der Waals surface area contributed by atoms with Crippen molar-refractivity contribution in [3.63, 3.8) is 0 Å². The highest BCUT2D eigenvalue weighted by Crippen LogP contribution is 2.22. The van der Waals surface area contributed by atoms with E-state index in [2.05, 4.69) is 5.32 Å². The quantitative estimate of drug-likeness (QED) is 0.613. The highest BCUT2D eigenvalue weighted by molar-refractivity contribution is 6.17. The zero-order valence-electron chi connectivity index (χ0n) is 14.1. The van der Waals surface area contributed by atoms with E-state index in [9.17, 15) is 19.4 Å². The fraction of sp³-hybridized carbons (Fsp3) is 0.316. The van der Waals surface area contributed by atoms with Crippen LogP contribution in [0.1, 0.15) is 29.2 Å². The fourth-order valence-electron chi connectivity index (χ4n) is 2.33. The highest BCUT2D eigenvalue weighted by Gasteiger charge is 2.19. The topological polar surface area (TPSA) is 78.8 Å². The minimum atomic E-state index is -1.27. The lowest BCUT2D eigenvalue weighted by atomic mass is 10.0. The Labute approximate surface area is 156 Å². The molecule has 3 N–H and O–H groups in total. The second kappa shape index (κ2) is 10.1. The van der Waals surface area contributed by atoms with Crippen LogP contribution in [0, 0.1) is 5.82 Å². The van der Waals surface area contributed by atoms with Gasteiger partial charge in [0, 0.05) is 12.1 Å². The molecule has 0 saturated heterocycles. The predicted molar refractivity (Wildman–Crippen MR) is 96.2 cm³/mol. The van der Waals surface area contributed by atoms with Gasteiger partial charge in [0.05, 0.1) is 12.0 Å². The van der Waals surface area contributed by atoms with Crippen molar-refractivity contribution in [2.45, 2.75) is 31.1 Å². The Kier molecular flexibility index (Phi) is 7.84. The first kappa shape index (κ1) is 20.2. The molecular formula is C19H21ClFNO4. The number of aliphatic hydroxyl groups excluding tert-OH is 2. The molecular weight excluding hydrogens is 361 g/mol. The van der Waals surface area contributed by atoms with Gasteiger partial charge in [-0.3, -0.25) is 0 Å². The third kappa shape index (κ3) is 5.98. The lowest BCUT2D eigenvalue weighted by Crippen LogP contribution is -2.29. The third-order valence-electron chi connectivity index (χ3n) is 3.85. The molecule has 1 amide bonds. The van der Waals surface area contributed by atoms with Crippen molar-refractivity contribution in [3.05, 3.63) is 71.0 Å². The summed E-state index contributed by atoms with van der Waals surface area (Å²) in [7, 11) is 0. The van der Waals surface area contributed by atoms with E-state index >= 15 is 0 Å². The van der Waals surface area contributed by atoms with Crippen molar-refractivity contribution in [2.24, 2.45) is 0 Å². The van der Waals surface area contributed by atoms with Crippen LogP contribution in [0.3, 0.4) is 0 Å². The summed E-state index contributed by atoms with van der Waals surface area (Å²) < 4.78 is 18.7. The molecule has 0 aliphatic carbocycles. The van der Waals surface area contributed by atoms with Gasteiger partial charge in [0.1, 0.15) is 18.5 Å². The first-order valence-corrected chi connectivity index (χ1v) is 8.69. The number of halogens is 2. The summed E-state index contributed by atoms with van der Waals surface area (Å²) in [5, 5.41) is 22.6. The number of ether oxygens (including phenoxy) is 1. The van der Waals surface area contributed by atoms with Crippen LogP contribution in [0.15, 0.2) is 48.5 Å². The predicted octanol–water partition coefficient (Wildman–Crippen LogP) is 3.28. The number of alkyl halides is 1. The molecule has 0 aliphatic heterocycles. The van der Waals surface area contributed by atoms with Crippen molar-refractivity contribution in [2.75, 3.05) is 6.54 Å². The highest BCUT2D eigenvalue weighted by atomic mass is 35.5. The minimum absolute atomic E-state index is 0.0276. The fourth-order valence-corrected chi connectivity index (χ4v) is 2.55. The molecule has 0 fully saturated rings. The van der Waals surface area contributed by atoms with Gasteiger partial charge in [-0.05, 0) is 23.6 Å². The molecule has 7 heteroatoms. The van der Waals surface area contributed by atoms with E-state index < -0.39 is 24.1 Å². The number of alkyl carbamates (subject to hydrolysis) is 1. The van der Waals surface area contributed by atoms with Crippen molar-refractivity contribution in [3.8, 4) is 0 Å². The Bertz CT molecular complexity index is 714. The van der Waals surface area contributed by atoms with Crippen LogP contribution in [0.4, 0.5) is 9.18 Å². The second-order valence-corrected chi connectivity index (χ2v) is 6.04. The summed E-state index contributed by atoms with van der Waals surface area (Å²) in [5.74, 6) is -0.508. The summed E-state index contributed by atoms with van der Waals surface area (Å²) >= 11 is 5.59. The van der Waals surface area contributed by atoms with Crippen molar-refractivity contribution in [1.82, 2.24) is 5.32 Å². The number of benzene rings is 2. The molecule has 0 radical (unpaired) electrons. The zero-order valence-corrected chi connectivity index (χ0v) is 14.8. The maximum Gasteiger partial charge on any atom is 0.407 e. The van der Waals surface area contributed by atoms with Crippen LogP contribution in [-0.2, 0) is 17.2 Å². The smallest absolute Gasteiger partial charge is 0.407 e. The Morgan fingerprint density at radius 2 is 1.92 bits per heavy atom. The molecule has 2 atom stereocenters. The lowest BCUT2D eigenvalue weighted by Gasteiger charge is -2.19. The van der Waals surface area contributed by atoms with E-state index in [0.717, 1.165) is 11.6 Å². The Morgan fingerprint density at radius 3 is 2.58 bits per heavy atom. The molecule has 2 aromatic rings. The largest absolute Gasteiger partial charge is 0.445 e. The summed E-state index contributed by atoms with van der Waals surface area (Å²) in [6.45, 7) is 0.248. The van der Waals surface area contributed by atoms with Crippen molar-refractivity contribution in [1.29, 1.82) is 0 Å². The summed E-state index contributed by atoms with van der Waals surface area (Å²) in [5.41, 5.74) is 1.43. The van der Waals surface area contributed by atoms with Crippen LogP contribution in [0.2, 0.25) is 0 Å². The molecule has 2 rings (SSSR count). The maximum atomic E-state index is 13.7. The number of rotatable bonds is 8. The number of nitrogens with one attached hydrogen (secondary N) is 1. The average molecular weight is 382 g/mol. The van der Waals surface area contributed by atoms with Gasteiger partial charge in [-0.1, -0.05) is 42.5 Å². The van der Waals surface area contributed by atoms with Gasteiger partial charge in [0.2, 0.25) is 0 Å². The molecule has 0 spiro atoms. The number of carbonyl (C=O) groups excluding carboxylic acids is 1. The van der Waals surface area contributed by atoms with Crippen LogP contribution in [0.25, 0.3) is 0 Å². The lowest BCUT2D eigenvalue weighted by molar-refractivity contribution is 0.0135. The van der Waals surface area contributed by atoms with E-state index in [1.54, 1.807) is 0 Å². The standard InChI is InChI=1S/C19H21ClFNO4/c20-11-15-7-6-14(10-16(15)21)18(24)17(23)8-9-22-19(25)26-12-13-4-2-1-3-5-13/h1-7,10,17-18,23-24H,8-9,11-12H2,(H,22,25). The summed E-state index contributed by atoms with van der Waals surface area (Å²) in [6, 6.07) is 13.3. The summed E-state index contributed by atoms with van der Waals surface area (Å²) in [4.78, 5) is 11.6. The molecule has 26 heavy (non-hydrogen) atoms. The van der Waals surface area contributed by atoms with Crippen LogP contribution >= 0.6 is 11.6 Å². The Morgan fingerprint density at radius 1 is 1.19 bits per heavy atom. The number of hydrogen-bond donors (Lipinski definition) is 3. The van der Waals surface area contributed by atoms with Gasteiger partial charge in [0.15, 0.2) is 0 Å². The molecule has 2 unspecified atom stereocenters. The Balaban J connectivity index is 1.74. The molecule has 140 valence electrons. The molecule has 0 aromatic heterocycles. The van der Waals surface area contributed by atoms with E-state index in [0.29, 0.717) is 5.56 Å². The van der Waals surface area contributed by atoms with E-state index in [1.165, 1.54) is 12.1 Å². The first-order chi connectivity index (χ1) is 12.5. The molecule has 0 bridgehead atoms. The van der Waals surface area contributed by atoms with Gasteiger partial charge in [-0.15, -0.1) is 11.6 Å². The van der Waals surface area contributed by atoms with Crippen LogP contribution < -0.4 is 5.32 Å². The van der Waals surface area contributed by atoms with Crippen molar-refractivity contribution < 1.29 is 24.1 Å². The third-order valence-corrected chi connectivity index (χ3v) is 4.14. The maximum absolute atomic E-state index is 13.7. The molecule has 0 heterocycles. The van der Waals surface area contributed by atoms with Gasteiger partial charge in [0.25, 0.3) is 0 Å². The normalized spacial score (nSPS) is 13.1. The zero-order chi connectivity index (χ0) is 18.9. The van der Waals surface area contributed by atoms with E-state index in [-0.39, 0.29) is 31.0 Å². The number of amides is 1. The SMILES string of the molecule is O=C(NCCC(O)C(O)c1ccc(CCl)c(F)c1)OCc1ccccc1. The van der Waals surface area contributed by atoms with Crippen LogP contribution in [0.5, 0.6) is 0 Å². The average Bonchev–Trinajstić information content (AvgIpc) is 2.66. The van der Waals surface area contributed by atoms with Gasteiger partial charge in [-0.25, -0.2) is 9.18 Å². The van der Waals surface area contributed by atoms with Crippen molar-refractivity contribution >= 4 is 17.7 Å². The van der Waals surface area contributed by atoms with E-state index in [1.807, 2.05) is 30.3 Å². The molecule has 5 nitrogen and oxygen atoms in total. The molecule has 0 aliphatic rings. The number of aliphatic hydroxyl groups is 2. The minimum Gasteiger partial charge on any atom is -0.445 e. The second-order valence-electron chi connectivity index (χ2n) is 5.77. The molecule has 0 saturated carbocycles. The van der Waals surface area contributed by atoms with Crippen LogP contribution in [-0.4, -0.2) is 29.0 Å². The van der Waals surface area contributed by atoms with E-state index in [4.69, 9.17) is 16.3 Å². The summed E-state index contributed by atoms with van der Waals surface area (Å²) in [6.07, 6.45) is -2.96. The van der Waals surface area contributed by atoms with Gasteiger partial charge >= 0.3 is 6.09 Å². The van der Waals surface area contributed by atoms with Gasteiger partial charge in [-0.2, -0.15) is 0 Å². The number of hydrogen-bond acceptors (Lipinski definition) is 4. The van der Waals surface area contributed by atoms with Gasteiger partial charge < -0.3 is 20.3 Å². The number of carbonyl (C=O) groups is 1. The molecule has 2 aromatic carbocycles. The Hall–Kier alpha value is -2.15. The first-order valence-electron chi connectivity index (χ1n) is 8.16. The monoisotopic (exact) mass is 381 g/mol.